The first-order chi connectivity index (χ1) is 5.27. The maximum atomic E-state index is 8.48. The number of rotatable bonds is 7. The van der Waals surface area contributed by atoms with Crippen LogP contribution in [0.4, 0.5) is 0 Å². The summed E-state index contributed by atoms with van der Waals surface area (Å²) >= 11 is 0. The topological polar surface area (TPSA) is 35.5 Å². The monoisotopic (exact) mass is 160 g/mol. The molecular formula is C8H20N2O. The van der Waals surface area contributed by atoms with Gasteiger partial charge in [0.2, 0.25) is 0 Å². The minimum atomic E-state index is 0.315. The molecule has 68 valence electrons. The molecule has 0 bridgehead atoms. The molecule has 0 aliphatic heterocycles. The van der Waals surface area contributed by atoms with Crippen LogP contribution in [0, 0.1) is 0 Å². The minimum Gasteiger partial charge on any atom is -0.396 e. The van der Waals surface area contributed by atoms with Gasteiger partial charge >= 0.3 is 0 Å². The molecule has 0 aliphatic carbocycles. The third-order valence-electron chi connectivity index (χ3n) is 1.50. The van der Waals surface area contributed by atoms with Crippen LogP contribution in [0.15, 0.2) is 0 Å². The van der Waals surface area contributed by atoms with Gasteiger partial charge in [0.15, 0.2) is 0 Å². The number of aliphatic hydroxyl groups excluding tert-OH is 1. The molecule has 11 heavy (non-hydrogen) atoms. The van der Waals surface area contributed by atoms with E-state index in [1.165, 1.54) is 0 Å². The summed E-state index contributed by atoms with van der Waals surface area (Å²) in [5, 5.41) is 11.8. The van der Waals surface area contributed by atoms with Crippen LogP contribution in [0.25, 0.3) is 0 Å². The number of aliphatic hydroxyl groups is 1. The van der Waals surface area contributed by atoms with Crippen molar-refractivity contribution < 1.29 is 5.11 Å². The molecule has 0 saturated heterocycles. The number of hydrogen-bond acceptors (Lipinski definition) is 3. The Morgan fingerprint density at radius 1 is 1.18 bits per heavy atom. The summed E-state index contributed by atoms with van der Waals surface area (Å²) in [7, 11) is 4.13. The molecule has 3 nitrogen and oxygen atoms in total. The molecule has 0 aromatic heterocycles. The van der Waals surface area contributed by atoms with E-state index in [0.29, 0.717) is 6.61 Å². The van der Waals surface area contributed by atoms with Crippen LogP contribution in [0.2, 0.25) is 0 Å². The smallest absolute Gasteiger partial charge is 0.0431 e. The highest BCUT2D eigenvalue weighted by atomic mass is 16.2. The molecule has 0 fully saturated rings. The molecule has 0 aliphatic rings. The molecule has 0 radical (unpaired) electrons. The van der Waals surface area contributed by atoms with Crippen LogP contribution in [-0.2, 0) is 0 Å². The van der Waals surface area contributed by atoms with E-state index in [2.05, 4.69) is 24.3 Å². The zero-order valence-corrected chi connectivity index (χ0v) is 7.64. The van der Waals surface area contributed by atoms with E-state index in [9.17, 15) is 0 Å². The SMILES string of the molecule is CN(C)CCNCCCCO. The van der Waals surface area contributed by atoms with E-state index >= 15 is 0 Å². The van der Waals surface area contributed by atoms with Gasteiger partial charge in [0, 0.05) is 19.7 Å². The molecule has 0 saturated carbocycles. The van der Waals surface area contributed by atoms with Gasteiger partial charge in [-0.3, -0.25) is 0 Å². The fraction of sp³-hybridized carbons (Fsp3) is 1.00. The van der Waals surface area contributed by atoms with Gasteiger partial charge in [0.25, 0.3) is 0 Å². The fourth-order valence-electron chi connectivity index (χ4n) is 0.789. The third kappa shape index (κ3) is 9.88. The van der Waals surface area contributed by atoms with Crippen molar-refractivity contribution in [2.45, 2.75) is 12.8 Å². The Morgan fingerprint density at radius 2 is 1.91 bits per heavy atom. The first-order valence-electron chi connectivity index (χ1n) is 4.23. The van der Waals surface area contributed by atoms with Crippen molar-refractivity contribution in [2.24, 2.45) is 0 Å². The molecule has 0 amide bonds. The molecule has 3 heteroatoms. The summed E-state index contributed by atoms with van der Waals surface area (Å²) in [6.45, 7) is 3.46. The van der Waals surface area contributed by atoms with E-state index in [1.807, 2.05) is 0 Å². The second-order valence-electron chi connectivity index (χ2n) is 2.98. The lowest BCUT2D eigenvalue weighted by Gasteiger charge is -2.09. The molecule has 0 unspecified atom stereocenters. The Kier molecular flexibility index (Phi) is 7.89. The first-order valence-corrected chi connectivity index (χ1v) is 4.23. The Bertz CT molecular complexity index is 76.5. The van der Waals surface area contributed by atoms with Crippen molar-refractivity contribution >= 4 is 0 Å². The Hall–Kier alpha value is -0.120. The van der Waals surface area contributed by atoms with E-state index in [0.717, 1.165) is 32.5 Å². The van der Waals surface area contributed by atoms with Crippen LogP contribution in [0.1, 0.15) is 12.8 Å². The quantitative estimate of drug-likeness (QED) is 0.511. The molecule has 0 atom stereocenters. The lowest BCUT2D eigenvalue weighted by atomic mass is 10.3. The van der Waals surface area contributed by atoms with Gasteiger partial charge in [-0.15, -0.1) is 0 Å². The van der Waals surface area contributed by atoms with Gasteiger partial charge in [-0.25, -0.2) is 0 Å². The number of nitrogens with one attached hydrogen (secondary N) is 1. The van der Waals surface area contributed by atoms with Crippen LogP contribution in [0.5, 0.6) is 0 Å². The highest BCUT2D eigenvalue weighted by Gasteiger charge is 1.89. The Balaban J connectivity index is 2.80. The van der Waals surface area contributed by atoms with E-state index < -0.39 is 0 Å². The van der Waals surface area contributed by atoms with Crippen LogP contribution >= 0.6 is 0 Å². The number of hydrogen-bond donors (Lipinski definition) is 2. The molecule has 0 spiro atoms. The molecule has 2 N–H and O–H groups in total. The Morgan fingerprint density at radius 3 is 2.45 bits per heavy atom. The predicted octanol–water partition coefficient (Wildman–Crippen LogP) is -0.0899. The summed E-state index contributed by atoms with van der Waals surface area (Å²) in [4.78, 5) is 2.15. The van der Waals surface area contributed by atoms with Gasteiger partial charge < -0.3 is 15.3 Å². The van der Waals surface area contributed by atoms with Gasteiger partial charge in [-0.05, 0) is 33.5 Å². The van der Waals surface area contributed by atoms with E-state index in [4.69, 9.17) is 5.11 Å². The molecule has 0 rings (SSSR count). The maximum Gasteiger partial charge on any atom is 0.0431 e. The minimum absolute atomic E-state index is 0.315. The standard InChI is InChI=1S/C8H20N2O/c1-10(2)7-6-9-5-3-4-8-11/h9,11H,3-8H2,1-2H3. The first kappa shape index (κ1) is 10.9. The lowest BCUT2D eigenvalue weighted by molar-refractivity contribution is 0.283. The summed E-state index contributed by atoms with van der Waals surface area (Å²) in [5.74, 6) is 0. The molecule has 0 aromatic rings. The number of likely N-dealkylation sites (N-methyl/N-ethyl adjacent to an activating group) is 1. The molecule has 0 heterocycles. The van der Waals surface area contributed by atoms with Crippen LogP contribution in [0.3, 0.4) is 0 Å². The molecule has 0 aromatic carbocycles. The van der Waals surface area contributed by atoms with E-state index in [1.54, 1.807) is 0 Å². The molecular weight excluding hydrogens is 140 g/mol. The van der Waals surface area contributed by atoms with E-state index in [-0.39, 0.29) is 0 Å². The summed E-state index contributed by atoms with van der Waals surface area (Å²) in [6, 6.07) is 0. The van der Waals surface area contributed by atoms with Crippen LogP contribution in [-0.4, -0.2) is 50.3 Å². The summed E-state index contributed by atoms with van der Waals surface area (Å²) < 4.78 is 0. The van der Waals surface area contributed by atoms with Gasteiger partial charge in [-0.1, -0.05) is 0 Å². The zero-order chi connectivity index (χ0) is 8.53. The largest absolute Gasteiger partial charge is 0.396 e. The average molecular weight is 160 g/mol. The van der Waals surface area contributed by atoms with Crippen molar-refractivity contribution in [3.63, 3.8) is 0 Å². The lowest BCUT2D eigenvalue weighted by Crippen LogP contribution is -2.27. The van der Waals surface area contributed by atoms with Crippen molar-refractivity contribution in [3.8, 4) is 0 Å². The highest BCUT2D eigenvalue weighted by molar-refractivity contribution is 4.50. The third-order valence-corrected chi connectivity index (χ3v) is 1.50. The normalized spacial score (nSPS) is 10.9. The predicted molar refractivity (Wildman–Crippen MR) is 47.7 cm³/mol. The van der Waals surface area contributed by atoms with Crippen molar-refractivity contribution in [2.75, 3.05) is 40.3 Å². The average Bonchev–Trinajstić information content (AvgIpc) is 1.96. The van der Waals surface area contributed by atoms with Crippen molar-refractivity contribution in [1.29, 1.82) is 0 Å². The van der Waals surface area contributed by atoms with Gasteiger partial charge in [-0.2, -0.15) is 0 Å². The van der Waals surface area contributed by atoms with Crippen molar-refractivity contribution in [3.05, 3.63) is 0 Å². The second kappa shape index (κ2) is 7.98. The van der Waals surface area contributed by atoms with Gasteiger partial charge in [0.1, 0.15) is 0 Å². The summed E-state index contributed by atoms with van der Waals surface area (Å²) in [5.41, 5.74) is 0. The Labute approximate surface area is 69.4 Å². The highest BCUT2D eigenvalue weighted by Crippen LogP contribution is 1.82. The fourth-order valence-corrected chi connectivity index (χ4v) is 0.789. The number of unbranched alkanes of at least 4 members (excludes halogenated alkanes) is 1. The summed E-state index contributed by atoms with van der Waals surface area (Å²) in [6.07, 6.45) is 1.99. The zero-order valence-electron chi connectivity index (χ0n) is 7.64. The van der Waals surface area contributed by atoms with Crippen molar-refractivity contribution in [1.82, 2.24) is 10.2 Å². The maximum absolute atomic E-state index is 8.48. The second-order valence-corrected chi connectivity index (χ2v) is 2.98. The number of nitrogens with zero attached hydrogens (tertiary/aromatic N) is 1. The van der Waals surface area contributed by atoms with Crippen LogP contribution < -0.4 is 5.32 Å². The van der Waals surface area contributed by atoms with Gasteiger partial charge in [0.05, 0.1) is 0 Å².